The Kier molecular flexibility index (Phi) is 10.5. The van der Waals surface area contributed by atoms with Crippen LogP contribution in [0.1, 0.15) is 45.2 Å². The zero-order valence-corrected chi connectivity index (χ0v) is 31.8. The van der Waals surface area contributed by atoms with Crippen molar-refractivity contribution in [1.29, 1.82) is 0 Å². The lowest BCUT2D eigenvalue weighted by atomic mass is 9.93. The summed E-state index contributed by atoms with van der Waals surface area (Å²) >= 11 is 0. The summed E-state index contributed by atoms with van der Waals surface area (Å²) in [6.07, 6.45) is 9.14. The first kappa shape index (κ1) is 36.2. The molecule has 8 aromatic rings. The smallest absolute Gasteiger partial charge is 0.237 e. The minimum atomic E-state index is 0.376. The normalized spacial score (nSPS) is 11.4. The average Bonchev–Trinajstić information content (AvgIpc) is 3.52. The summed E-state index contributed by atoms with van der Waals surface area (Å²) in [7, 11) is 0. The van der Waals surface area contributed by atoms with E-state index in [0.717, 1.165) is 41.1 Å². The molecule has 0 bridgehead atoms. The number of benzene rings is 4. The van der Waals surface area contributed by atoms with Crippen molar-refractivity contribution in [3.63, 3.8) is 0 Å². The van der Waals surface area contributed by atoms with Crippen LogP contribution in [0, 0.1) is 11.8 Å². The lowest BCUT2D eigenvalue weighted by molar-refractivity contribution is 0.448. The minimum absolute atomic E-state index is 0.376. The van der Waals surface area contributed by atoms with Crippen molar-refractivity contribution >= 4 is 21.8 Å². The summed E-state index contributed by atoms with van der Waals surface area (Å²) in [4.78, 5) is 22.1. The molecule has 0 aliphatic rings. The molecule has 10 heteroatoms. The van der Waals surface area contributed by atoms with Crippen LogP contribution in [0.15, 0.2) is 134 Å². The van der Waals surface area contributed by atoms with Gasteiger partial charge in [0.1, 0.15) is 47.2 Å². The fourth-order valence-corrected chi connectivity index (χ4v) is 6.83. The molecule has 0 fully saturated rings. The van der Waals surface area contributed by atoms with Gasteiger partial charge in [-0.2, -0.15) is 0 Å². The summed E-state index contributed by atoms with van der Waals surface area (Å²) < 4.78 is 27.4. The van der Waals surface area contributed by atoms with Gasteiger partial charge < -0.3 is 18.9 Å². The van der Waals surface area contributed by atoms with Crippen LogP contribution in [0.2, 0.25) is 0 Å². The molecule has 0 aliphatic carbocycles. The fraction of sp³-hybridized carbons (Fsp3) is 0.196. The number of rotatable bonds is 14. The first-order valence-electron chi connectivity index (χ1n) is 18.9. The van der Waals surface area contributed by atoms with Gasteiger partial charge in [-0.25, -0.2) is 24.9 Å². The molecule has 0 radical (unpaired) electrons. The number of ether oxygens (including phenoxy) is 4. The van der Waals surface area contributed by atoms with Crippen molar-refractivity contribution in [2.45, 2.75) is 47.0 Å². The van der Waals surface area contributed by atoms with Gasteiger partial charge in [0.15, 0.2) is 0 Å². The first-order valence-corrected chi connectivity index (χ1v) is 18.9. The molecule has 0 N–H and O–H groups in total. The summed E-state index contributed by atoms with van der Waals surface area (Å²) in [6, 6.07) is 34.8. The maximum Gasteiger partial charge on any atom is 0.237 e. The van der Waals surface area contributed by atoms with Gasteiger partial charge in [-0.3, -0.25) is 4.57 Å². The highest BCUT2D eigenvalue weighted by Crippen LogP contribution is 2.43. The molecule has 4 aromatic heterocycles. The van der Waals surface area contributed by atoms with E-state index in [9.17, 15) is 0 Å². The van der Waals surface area contributed by atoms with Crippen molar-refractivity contribution < 1.29 is 18.9 Å². The maximum atomic E-state index is 6.64. The molecule has 0 saturated carbocycles. The van der Waals surface area contributed by atoms with Gasteiger partial charge in [0.05, 0.1) is 11.0 Å². The van der Waals surface area contributed by atoms with E-state index in [-0.39, 0.29) is 0 Å². The van der Waals surface area contributed by atoms with Crippen molar-refractivity contribution in [1.82, 2.24) is 29.5 Å². The third-order valence-electron chi connectivity index (χ3n) is 9.18. The highest BCUT2D eigenvalue weighted by Gasteiger charge is 2.23. The number of aromatic nitrogens is 6. The Morgan fingerprint density at radius 3 is 1.52 bits per heavy atom. The van der Waals surface area contributed by atoms with Crippen LogP contribution in [0.3, 0.4) is 0 Å². The number of nitrogens with zero attached hydrogens (tertiary/aromatic N) is 6. The molecule has 0 aliphatic heterocycles. The van der Waals surface area contributed by atoms with Crippen LogP contribution in [-0.2, 0) is 12.8 Å². The molecule has 0 atom stereocenters. The fourth-order valence-electron chi connectivity index (χ4n) is 6.83. The summed E-state index contributed by atoms with van der Waals surface area (Å²) in [5.74, 6) is 6.30. The SMILES string of the molecule is CC(C)CCc1cc(Oc2cccc(Oc3ccccn3)c2)cc2c1c1c(CC(C)C)cc(Oc3cccc(Oc4ccccn4)c3)cc1n2-c1ncncn1. The van der Waals surface area contributed by atoms with Crippen LogP contribution in [0.25, 0.3) is 27.8 Å². The maximum absolute atomic E-state index is 6.64. The van der Waals surface area contributed by atoms with Crippen LogP contribution >= 0.6 is 0 Å². The predicted molar refractivity (Wildman–Crippen MR) is 218 cm³/mol. The highest BCUT2D eigenvalue weighted by molar-refractivity contribution is 6.13. The van der Waals surface area contributed by atoms with E-state index in [1.807, 2.05) is 84.9 Å². The second-order valence-corrected chi connectivity index (χ2v) is 14.5. The molecule has 8 rings (SSSR count). The molecule has 4 aromatic carbocycles. The van der Waals surface area contributed by atoms with Crippen molar-refractivity contribution in [2.75, 3.05) is 0 Å². The van der Waals surface area contributed by atoms with Crippen molar-refractivity contribution in [3.8, 4) is 52.2 Å². The highest BCUT2D eigenvalue weighted by atomic mass is 16.5. The van der Waals surface area contributed by atoms with Gasteiger partial charge in [0, 0.05) is 59.6 Å². The Morgan fingerprint density at radius 2 is 1.02 bits per heavy atom. The van der Waals surface area contributed by atoms with Gasteiger partial charge in [-0.05, 0) is 90.8 Å². The van der Waals surface area contributed by atoms with Crippen molar-refractivity contribution in [2.24, 2.45) is 11.8 Å². The second kappa shape index (κ2) is 16.3. The molecule has 0 unspecified atom stereocenters. The Hall–Kier alpha value is -6.81. The van der Waals surface area contributed by atoms with Crippen LogP contribution < -0.4 is 18.9 Å². The molecule has 56 heavy (non-hydrogen) atoms. The number of hydrogen-bond acceptors (Lipinski definition) is 9. The Bertz CT molecular complexity index is 2580. The van der Waals surface area contributed by atoms with E-state index in [4.69, 9.17) is 18.9 Å². The molecule has 280 valence electrons. The molecule has 0 amide bonds. The second-order valence-electron chi connectivity index (χ2n) is 14.5. The lowest BCUT2D eigenvalue weighted by Crippen LogP contribution is -2.02. The van der Waals surface area contributed by atoms with E-state index >= 15 is 0 Å². The summed E-state index contributed by atoms with van der Waals surface area (Å²) in [6.45, 7) is 8.98. The summed E-state index contributed by atoms with van der Waals surface area (Å²) in [5, 5.41) is 2.29. The van der Waals surface area contributed by atoms with Gasteiger partial charge in [0.25, 0.3) is 0 Å². The van der Waals surface area contributed by atoms with Crippen LogP contribution in [-0.4, -0.2) is 29.5 Å². The zero-order chi connectivity index (χ0) is 38.4. The largest absolute Gasteiger partial charge is 0.457 e. The predicted octanol–water partition coefficient (Wildman–Crippen LogP) is 11.7. The standard InChI is InChI=1S/C46H42N6O4/c1-30(2)17-18-32-22-38(53-34-11-9-13-36(24-34)55-42-15-5-7-19-48-42)26-40-44(32)45-33(21-31(3)4)23-39(27-41(45)52(40)46-50-28-47-29-51-46)54-35-12-10-14-37(25-35)56-43-16-6-8-20-49-43/h5-16,19-20,22-31H,17-18,21H2,1-4H3. The Balaban J connectivity index is 1.27. The number of fused-ring (bicyclic) bond motifs is 3. The van der Waals surface area contributed by atoms with E-state index in [1.54, 1.807) is 12.4 Å². The van der Waals surface area contributed by atoms with E-state index in [2.05, 4.69) is 81.4 Å². The number of pyridine rings is 2. The minimum Gasteiger partial charge on any atom is -0.457 e. The average molecular weight is 743 g/mol. The van der Waals surface area contributed by atoms with Crippen LogP contribution in [0.5, 0.6) is 46.3 Å². The summed E-state index contributed by atoms with van der Waals surface area (Å²) in [5.41, 5.74) is 4.21. The topological polar surface area (TPSA) is 106 Å². The van der Waals surface area contributed by atoms with E-state index in [1.165, 1.54) is 23.8 Å². The molecular weight excluding hydrogens is 701 g/mol. The third-order valence-corrected chi connectivity index (χ3v) is 9.18. The zero-order valence-electron chi connectivity index (χ0n) is 31.8. The Labute approximate surface area is 325 Å². The van der Waals surface area contributed by atoms with Gasteiger partial charge in [-0.15, -0.1) is 0 Å². The first-order chi connectivity index (χ1) is 27.4. The molecule has 0 saturated heterocycles. The van der Waals surface area contributed by atoms with E-state index < -0.39 is 0 Å². The molecular formula is C46H42N6O4. The number of aryl methyl sites for hydroxylation is 1. The van der Waals surface area contributed by atoms with E-state index in [0.29, 0.717) is 64.0 Å². The van der Waals surface area contributed by atoms with Gasteiger partial charge in [0.2, 0.25) is 17.7 Å². The molecule has 10 nitrogen and oxygen atoms in total. The molecule has 0 spiro atoms. The quantitative estimate of drug-likeness (QED) is 0.108. The van der Waals surface area contributed by atoms with Gasteiger partial charge >= 0.3 is 0 Å². The van der Waals surface area contributed by atoms with Crippen LogP contribution in [0.4, 0.5) is 0 Å². The lowest BCUT2D eigenvalue weighted by Gasteiger charge is -2.14. The third kappa shape index (κ3) is 8.29. The monoisotopic (exact) mass is 742 g/mol. The van der Waals surface area contributed by atoms with Crippen molar-refractivity contribution in [3.05, 3.63) is 145 Å². The Morgan fingerprint density at radius 1 is 0.500 bits per heavy atom. The molecule has 4 heterocycles. The van der Waals surface area contributed by atoms with Gasteiger partial charge in [-0.1, -0.05) is 52.0 Å². The number of hydrogen-bond donors (Lipinski definition) is 0.